The minimum absolute atomic E-state index is 0.746. The monoisotopic (exact) mass is 193 g/mol. The van der Waals surface area contributed by atoms with E-state index in [0.29, 0.717) is 0 Å². The Morgan fingerprint density at radius 1 is 1.07 bits per heavy atom. The number of rotatable bonds is 2. The van der Waals surface area contributed by atoms with E-state index in [2.05, 4.69) is 31.3 Å². The molecule has 1 N–H and O–H groups in total. The normalized spacial score (nSPS) is 39.1. The summed E-state index contributed by atoms with van der Waals surface area (Å²) >= 11 is 0. The van der Waals surface area contributed by atoms with E-state index in [-0.39, 0.29) is 0 Å². The molecule has 0 saturated heterocycles. The highest BCUT2D eigenvalue weighted by Crippen LogP contribution is 2.29. The summed E-state index contributed by atoms with van der Waals surface area (Å²) in [6.07, 6.45) is 11.3. The summed E-state index contributed by atoms with van der Waals surface area (Å²) in [6, 6.07) is 1.53. The Balaban J connectivity index is 1.79. The molecule has 3 atom stereocenters. The first-order chi connectivity index (χ1) is 6.75. The summed E-state index contributed by atoms with van der Waals surface area (Å²) in [5.74, 6) is 1.82. The summed E-state index contributed by atoms with van der Waals surface area (Å²) in [6.45, 7) is 4.81. The van der Waals surface area contributed by atoms with Gasteiger partial charge in [0.25, 0.3) is 0 Å². The molecule has 1 fully saturated rings. The second-order valence-corrected chi connectivity index (χ2v) is 5.31. The second kappa shape index (κ2) is 4.48. The molecule has 2 rings (SSSR count). The van der Waals surface area contributed by atoms with Gasteiger partial charge in [-0.25, -0.2) is 0 Å². The van der Waals surface area contributed by atoms with E-state index in [4.69, 9.17) is 0 Å². The van der Waals surface area contributed by atoms with E-state index in [1.165, 1.54) is 32.1 Å². The van der Waals surface area contributed by atoms with Crippen LogP contribution in [0.25, 0.3) is 0 Å². The molecular weight excluding hydrogens is 170 g/mol. The maximum absolute atomic E-state index is 3.83. The Labute approximate surface area is 88.0 Å². The van der Waals surface area contributed by atoms with Crippen LogP contribution in [-0.2, 0) is 0 Å². The fourth-order valence-electron chi connectivity index (χ4n) is 2.97. The van der Waals surface area contributed by atoms with Gasteiger partial charge in [0.2, 0.25) is 0 Å². The van der Waals surface area contributed by atoms with Crippen LogP contribution in [-0.4, -0.2) is 12.1 Å². The van der Waals surface area contributed by atoms with Crippen molar-refractivity contribution in [3.8, 4) is 0 Å². The van der Waals surface area contributed by atoms with Crippen molar-refractivity contribution in [2.24, 2.45) is 11.8 Å². The second-order valence-electron chi connectivity index (χ2n) is 5.31. The molecule has 0 aromatic rings. The number of nitrogens with one attached hydrogen (secondary N) is 1. The molecule has 0 heterocycles. The number of hydrogen-bond acceptors (Lipinski definition) is 1. The molecular formula is C13H23N. The fraction of sp³-hybridized carbons (Fsp3) is 0.846. The van der Waals surface area contributed by atoms with Gasteiger partial charge in [0.05, 0.1) is 0 Å². The van der Waals surface area contributed by atoms with E-state index in [1.807, 2.05) is 0 Å². The quantitative estimate of drug-likeness (QED) is 0.664. The molecule has 1 nitrogen and oxygen atoms in total. The zero-order valence-corrected chi connectivity index (χ0v) is 9.50. The average Bonchev–Trinajstić information content (AvgIpc) is 2.62. The molecule has 0 bridgehead atoms. The lowest BCUT2D eigenvalue weighted by atomic mass is 9.79. The van der Waals surface area contributed by atoms with Crippen LogP contribution in [0.4, 0.5) is 0 Å². The lowest BCUT2D eigenvalue weighted by molar-refractivity contribution is 0.215. The Hall–Kier alpha value is -0.300. The Bertz CT molecular complexity index is 201. The van der Waals surface area contributed by atoms with Crippen LogP contribution in [0.1, 0.15) is 46.0 Å². The average molecular weight is 193 g/mol. The van der Waals surface area contributed by atoms with Crippen LogP contribution < -0.4 is 5.32 Å². The van der Waals surface area contributed by atoms with Crippen LogP contribution in [0.3, 0.4) is 0 Å². The van der Waals surface area contributed by atoms with Crippen molar-refractivity contribution >= 4 is 0 Å². The molecule has 0 aromatic carbocycles. The standard InChI is InChI=1S/C13H23N/c1-10-7-8-13(11(2)9-10)14-12-5-3-4-6-12/h3-4,10-14H,5-9H2,1-2H3. The molecule has 80 valence electrons. The fourth-order valence-corrected chi connectivity index (χ4v) is 2.97. The lowest BCUT2D eigenvalue weighted by Gasteiger charge is -2.35. The largest absolute Gasteiger partial charge is 0.310 e. The van der Waals surface area contributed by atoms with E-state index in [0.717, 1.165) is 23.9 Å². The molecule has 0 aliphatic heterocycles. The van der Waals surface area contributed by atoms with Crippen LogP contribution in [0.15, 0.2) is 12.2 Å². The third-order valence-corrected chi connectivity index (χ3v) is 3.89. The highest BCUT2D eigenvalue weighted by Gasteiger charge is 2.26. The SMILES string of the molecule is CC1CCC(NC2CC=CC2)C(C)C1. The van der Waals surface area contributed by atoms with E-state index < -0.39 is 0 Å². The lowest BCUT2D eigenvalue weighted by Crippen LogP contribution is -2.43. The summed E-state index contributed by atoms with van der Waals surface area (Å²) in [5, 5.41) is 3.83. The van der Waals surface area contributed by atoms with Gasteiger partial charge in [-0.2, -0.15) is 0 Å². The summed E-state index contributed by atoms with van der Waals surface area (Å²) in [7, 11) is 0. The van der Waals surface area contributed by atoms with E-state index in [9.17, 15) is 0 Å². The van der Waals surface area contributed by atoms with Crippen LogP contribution >= 0.6 is 0 Å². The van der Waals surface area contributed by atoms with Crippen molar-refractivity contribution in [1.29, 1.82) is 0 Å². The molecule has 1 saturated carbocycles. The van der Waals surface area contributed by atoms with Gasteiger partial charge >= 0.3 is 0 Å². The van der Waals surface area contributed by atoms with Gasteiger partial charge in [-0.05, 0) is 43.9 Å². The molecule has 0 aromatic heterocycles. The zero-order chi connectivity index (χ0) is 9.97. The predicted molar refractivity (Wildman–Crippen MR) is 61.3 cm³/mol. The summed E-state index contributed by atoms with van der Waals surface area (Å²) in [5.41, 5.74) is 0. The minimum Gasteiger partial charge on any atom is -0.310 e. The smallest absolute Gasteiger partial charge is 0.0139 e. The van der Waals surface area contributed by atoms with Gasteiger partial charge in [-0.3, -0.25) is 0 Å². The van der Waals surface area contributed by atoms with Gasteiger partial charge < -0.3 is 5.32 Å². The molecule has 1 heteroatoms. The Morgan fingerprint density at radius 3 is 2.43 bits per heavy atom. The summed E-state index contributed by atoms with van der Waals surface area (Å²) < 4.78 is 0. The van der Waals surface area contributed by atoms with Gasteiger partial charge in [0, 0.05) is 12.1 Å². The van der Waals surface area contributed by atoms with Crippen molar-refractivity contribution in [1.82, 2.24) is 5.32 Å². The predicted octanol–water partition coefficient (Wildman–Crippen LogP) is 3.12. The first-order valence-corrected chi connectivity index (χ1v) is 6.16. The van der Waals surface area contributed by atoms with Gasteiger partial charge in [-0.15, -0.1) is 0 Å². The minimum atomic E-state index is 0.746. The third-order valence-electron chi connectivity index (χ3n) is 3.89. The van der Waals surface area contributed by atoms with Crippen molar-refractivity contribution in [3.63, 3.8) is 0 Å². The Morgan fingerprint density at radius 2 is 1.79 bits per heavy atom. The van der Waals surface area contributed by atoms with Crippen LogP contribution in [0.2, 0.25) is 0 Å². The Kier molecular flexibility index (Phi) is 3.27. The van der Waals surface area contributed by atoms with Gasteiger partial charge in [-0.1, -0.05) is 26.0 Å². The molecule has 0 radical (unpaired) electrons. The maximum atomic E-state index is 3.83. The topological polar surface area (TPSA) is 12.0 Å². The molecule has 14 heavy (non-hydrogen) atoms. The molecule has 3 unspecified atom stereocenters. The highest BCUT2D eigenvalue weighted by molar-refractivity contribution is 4.99. The van der Waals surface area contributed by atoms with Crippen LogP contribution in [0, 0.1) is 11.8 Å². The van der Waals surface area contributed by atoms with Crippen LogP contribution in [0.5, 0.6) is 0 Å². The molecule has 2 aliphatic carbocycles. The molecule has 0 spiro atoms. The van der Waals surface area contributed by atoms with Crippen molar-refractivity contribution in [2.45, 2.75) is 58.0 Å². The van der Waals surface area contributed by atoms with E-state index in [1.54, 1.807) is 0 Å². The highest BCUT2D eigenvalue weighted by atomic mass is 15.0. The van der Waals surface area contributed by atoms with Crippen molar-refractivity contribution in [3.05, 3.63) is 12.2 Å². The molecule has 0 amide bonds. The zero-order valence-electron chi connectivity index (χ0n) is 9.50. The van der Waals surface area contributed by atoms with E-state index >= 15 is 0 Å². The van der Waals surface area contributed by atoms with Gasteiger partial charge in [0.15, 0.2) is 0 Å². The van der Waals surface area contributed by atoms with Gasteiger partial charge in [0.1, 0.15) is 0 Å². The maximum Gasteiger partial charge on any atom is 0.0139 e. The third kappa shape index (κ3) is 2.38. The van der Waals surface area contributed by atoms with Crippen molar-refractivity contribution < 1.29 is 0 Å². The molecule has 2 aliphatic rings. The first-order valence-electron chi connectivity index (χ1n) is 6.16. The first kappa shape index (κ1) is 10.2. The number of hydrogen-bond donors (Lipinski definition) is 1. The van der Waals surface area contributed by atoms with Crippen molar-refractivity contribution in [2.75, 3.05) is 0 Å². The summed E-state index contributed by atoms with van der Waals surface area (Å²) in [4.78, 5) is 0.